The molecule has 0 saturated carbocycles. The summed E-state index contributed by atoms with van der Waals surface area (Å²) in [5.41, 5.74) is 3.52. The Bertz CT molecular complexity index is 1580. The molecule has 0 bridgehead atoms. The van der Waals surface area contributed by atoms with Crippen molar-refractivity contribution in [2.24, 2.45) is 0 Å². The van der Waals surface area contributed by atoms with Crippen molar-refractivity contribution in [3.8, 4) is 17.2 Å². The topological polar surface area (TPSA) is 85.1 Å². The summed E-state index contributed by atoms with van der Waals surface area (Å²) in [7, 11) is 0. The van der Waals surface area contributed by atoms with E-state index in [-0.39, 0.29) is 18.6 Å². The summed E-state index contributed by atoms with van der Waals surface area (Å²) in [5.74, 6) is -0.860. The van der Waals surface area contributed by atoms with Gasteiger partial charge in [0, 0.05) is 44.0 Å². The summed E-state index contributed by atoms with van der Waals surface area (Å²) in [4.78, 5) is 33.6. The predicted molar refractivity (Wildman–Crippen MR) is 136 cm³/mol. The van der Waals surface area contributed by atoms with Crippen LogP contribution < -0.4 is 0 Å². The van der Waals surface area contributed by atoms with Crippen molar-refractivity contribution in [3.63, 3.8) is 0 Å². The number of aliphatic carboxylic acids is 1. The van der Waals surface area contributed by atoms with Crippen LogP contribution in [-0.4, -0.2) is 31.4 Å². The summed E-state index contributed by atoms with van der Waals surface area (Å²) in [6.45, 7) is 0. The molecular formula is C26H17BrClN3O3. The summed E-state index contributed by atoms with van der Waals surface area (Å²) in [6.07, 6.45) is 1.37. The number of nitrogens with zero attached hydrogens (tertiary/aromatic N) is 3. The SMILES string of the molecule is O=C(O)CCC(=O)c1cn(-c2nc(-c3ccccc3)c3cc(Cl)ccc3n2)c2ccc(Br)cc12. The van der Waals surface area contributed by atoms with E-state index in [2.05, 4.69) is 15.9 Å². The summed E-state index contributed by atoms with van der Waals surface area (Å²) < 4.78 is 2.58. The maximum absolute atomic E-state index is 12.9. The van der Waals surface area contributed by atoms with Gasteiger partial charge in [-0.15, -0.1) is 0 Å². The first kappa shape index (κ1) is 22.3. The third kappa shape index (κ3) is 4.20. The Morgan fingerprint density at radius 1 is 0.941 bits per heavy atom. The molecule has 0 unspecified atom stereocenters. The number of ketones is 1. The average molecular weight is 535 g/mol. The zero-order chi connectivity index (χ0) is 23.8. The molecule has 8 heteroatoms. The minimum absolute atomic E-state index is 0.0900. The third-order valence-electron chi connectivity index (χ3n) is 5.54. The van der Waals surface area contributed by atoms with E-state index in [9.17, 15) is 9.59 Å². The number of halogens is 2. The molecule has 3 aromatic carbocycles. The molecule has 0 fully saturated rings. The van der Waals surface area contributed by atoms with E-state index in [1.165, 1.54) is 0 Å². The van der Waals surface area contributed by atoms with Crippen LogP contribution in [0.3, 0.4) is 0 Å². The molecule has 0 aliphatic rings. The van der Waals surface area contributed by atoms with Gasteiger partial charge in [-0.2, -0.15) is 0 Å². The van der Waals surface area contributed by atoms with Gasteiger partial charge in [0.05, 0.1) is 23.1 Å². The van der Waals surface area contributed by atoms with Crippen LogP contribution in [-0.2, 0) is 4.79 Å². The fourth-order valence-electron chi connectivity index (χ4n) is 3.96. The Balaban J connectivity index is 1.75. The first-order valence-electron chi connectivity index (χ1n) is 10.5. The Labute approximate surface area is 208 Å². The molecule has 0 radical (unpaired) electrons. The minimum atomic E-state index is -1.01. The monoisotopic (exact) mass is 533 g/mol. The van der Waals surface area contributed by atoms with Gasteiger partial charge < -0.3 is 5.11 Å². The van der Waals surface area contributed by atoms with E-state index < -0.39 is 5.97 Å². The number of carbonyl (C=O) groups is 2. The van der Waals surface area contributed by atoms with Gasteiger partial charge in [0.2, 0.25) is 5.95 Å². The van der Waals surface area contributed by atoms with Gasteiger partial charge in [0.25, 0.3) is 0 Å². The second kappa shape index (κ2) is 9.00. The number of carboxylic acids is 1. The first-order chi connectivity index (χ1) is 16.4. The van der Waals surface area contributed by atoms with E-state index in [0.29, 0.717) is 27.4 Å². The molecule has 2 heterocycles. The highest BCUT2D eigenvalue weighted by Gasteiger charge is 2.20. The lowest BCUT2D eigenvalue weighted by molar-refractivity contribution is -0.136. The van der Waals surface area contributed by atoms with Gasteiger partial charge in [-0.05, 0) is 36.4 Å². The zero-order valence-electron chi connectivity index (χ0n) is 17.7. The van der Waals surface area contributed by atoms with Crippen LogP contribution >= 0.6 is 27.5 Å². The Morgan fingerprint density at radius 3 is 2.50 bits per heavy atom. The summed E-state index contributed by atoms with van der Waals surface area (Å²) in [5, 5.41) is 11.1. The highest BCUT2D eigenvalue weighted by Crippen LogP contribution is 2.32. The van der Waals surface area contributed by atoms with Gasteiger partial charge in [-0.25, -0.2) is 9.97 Å². The van der Waals surface area contributed by atoms with Crippen LogP contribution in [0.15, 0.2) is 77.4 Å². The molecule has 0 aliphatic carbocycles. The second-order valence-electron chi connectivity index (χ2n) is 7.79. The number of aromatic nitrogens is 3. The maximum atomic E-state index is 12.9. The molecule has 0 aliphatic heterocycles. The normalized spacial score (nSPS) is 11.2. The van der Waals surface area contributed by atoms with E-state index in [1.807, 2.05) is 60.7 Å². The Kier molecular flexibility index (Phi) is 5.89. The number of fused-ring (bicyclic) bond motifs is 2. The lowest BCUT2D eigenvalue weighted by Crippen LogP contribution is -2.04. The van der Waals surface area contributed by atoms with Gasteiger partial charge in [0.1, 0.15) is 0 Å². The molecule has 1 N–H and O–H groups in total. The quantitative estimate of drug-likeness (QED) is 0.245. The second-order valence-corrected chi connectivity index (χ2v) is 9.14. The van der Waals surface area contributed by atoms with Gasteiger partial charge in [-0.3, -0.25) is 14.2 Å². The lowest BCUT2D eigenvalue weighted by Gasteiger charge is -2.11. The van der Waals surface area contributed by atoms with E-state index >= 15 is 0 Å². The van der Waals surface area contributed by atoms with Crippen LogP contribution in [0.2, 0.25) is 5.02 Å². The molecule has 0 saturated heterocycles. The molecule has 2 aromatic heterocycles. The fourth-order valence-corrected chi connectivity index (χ4v) is 4.49. The average Bonchev–Trinajstić information content (AvgIpc) is 3.21. The number of carbonyl (C=O) groups excluding carboxylic acids is 1. The zero-order valence-corrected chi connectivity index (χ0v) is 20.0. The molecule has 34 heavy (non-hydrogen) atoms. The number of benzene rings is 3. The van der Waals surface area contributed by atoms with Gasteiger partial charge in [-0.1, -0.05) is 57.9 Å². The fraction of sp³-hybridized carbons (Fsp3) is 0.0769. The molecular weight excluding hydrogens is 518 g/mol. The standard InChI is InChI=1S/C26H17BrClN3O3/c27-16-6-9-22-18(12-16)20(23(32)10-11-24(33)34)14-31(22)26-29-21-8-7-17(28)13-19(21)25(30-26)15-4-2-1-3-5-15/h1-9,12-14H,10-11H2,(H,33,34). The van der Waals surface area contributed by atoms with E-state index in [0.717, 1.165) is 26.6 Å². The molecule has 0 atom stereocenters. The van der Waals surface area contributed by atoms with E-state index in [1.54, 1.807) is 16.8 Å². The number of Topliss-reactive ketones (excluding diaryl/α,β-unsaturated/α-hetero) is 1. The maximum Gasteiger partial charge on any atom is 0.303 e. The van der Waals surface area contributed by atoms with Crippen LogP contribution in [0.5, 0.6) is 0 Å². The van der Waals surface area contributed by atoms with Crippen LogP contribution in [0, 0.1) is 0 Å². The van der Waals surface area contributed by atoms with Crippen LogP contribution in [0.4, 0.5) is 0 Å². The predicted octanol–water partition coefficient (Wildman–Crippen LogP) is 6.70. The van der Waals surface area contributed by atoms with Crippen LogP contribution in [0.25, 0.3) is 39.0 Å². The summed E-state index contributed by atoms with van der Waals surface area (Å²) >= 11 is 9.74. The van der Waals surface area contributed by atoms with Crippen molar-refractivity contribution in [1.29, 1.82) is 0 Å². The van der Waals surface area contributed by atoms with Crippen molar-refractivity contribution < 1.29 is 14.7 Å². The molecule has 5 aromatic rings. The van der Waals surface area contributed by atoms with Crippen molar-refractivity contribution >= 4 is 61.1 Å². The highest BCUT2D eigenvalue weighted by atomic mass is 79.9. The molecule has 168 valence electrons. The molecule has 0 spiro atoms. The molecule has 0 amide bonds. The van der Waals surface area contributed by atoms with Gasteiger partial charge in [0.15, 0.2) is 5.78 Å². The van der Waals surface area contributed by atoms with Crippen LogP contribution in [0.1, 0.15) is 23.2 Å². The smallest absolute Gasteiger partial charge is 0.303 e. The first-order valence-corrected chi connectivity index (χ1v) is 11.7. The van der Waals surface area contributed by atoms with Crippen molar-refractivity contribution in [1.82, 2.24) is 14.5 Å². The van der Waals surface area contributed by atoms with Crippen molar-refractivity contribution in [3.05, 3.63) is 88.0 Å². The van der Waals surface area contributed by atoms with Crippen molar-refractivity contribution in [2.45, 2.75) is 12.8 Å². The minimum Gasteiger partial charge on any atom is -0.481 e. The van der Waals surface area contributed by atoms with Crippen molar-refractivity contribution in [2.75, 3.05) is 0 Å². The molecule has 5 rings (SSSR count). The Morgan fingerprint density at radius 2 is 1.74 bits per heavy atom. The third-order valence-corrected chi connectivity index (χ3v) is 6.27. The number of hydrogen-bond acceptors (Lipinski definition) is 4. The Hall–Kier alpha value is -3.55. The number of rotatable bonds is 6. The lowest BCUT2D eigenvalue weighted by atomic mass is 10.1. The van der Waals surface area contributed by atoms with Gasteiger partial charge >= 0.3 is 5.97 Å². The molecule has 6 nitrogen and oxygen atoms in total. The number of hydrogen-bond donors (Lipinski definition) is 1. The highest BCUT2D eigenvalue weighted by molar-refractivity contribution is 9.10. The summed E-state index contributed by atoms with van der Waals surface area (Å²) in [6, 6.07) is 20.8. The number of carboxylic acid groups (broad SMARTS) is 1. The van der Waals surface area contributed by atoms with E-state index in [4.69, 9.17) is 26.7 Å². The largest absolute Gasteiger partial charge is 0.481 e.